The third-order valence-electron chi connectivity index (χ3n) is 5.99. The third-order valence-corrected chi connectivity index (χ3v) is 5.99. The van der Waals surface area contributed by atoms with E-state index < -0.39 is 5.54 Å². The molecule has 0 saturated carbocycles. The highest BCUT2D eigenvalue weighted by Gasteiger charge is 2.38. The molecule has 1 aliphatic heterocycles. The number of aromatic nitrogens is 2. The van der Waals surface area contributed by atoms with Gasteiger partial charge in [-0.05, 0) is 43.5 Å². The standard InChI is InChI=1S/C24H28N4O3/c1-18-6-3-4-8-21(18)28-17-19(15-25-28)16-27(2)23(30)10-12-24(11-9-22(29)26-24)14-20-7-5-13-31-20/h3-8,13,15,17H,9-12,14,16H2,1-2H3,(H,26,29). The van der Waals surface area contributed by atoms with Gasteiger partial charge in [0.15, 0.2) is 0 Å². The first kappa shape index (κ1) is 20.9. The number of amides is 2. The monoisotopic (exact) mass is 420 g/mol. The van der Waals surface area contributed by atoms with Gasteiger partial charge in [0.2, 0.25) is 11.8 Å². The molecule has 7 heteroatoms. The molecule has 1 fully saturated rings. The van der Waals surface area contributed by atoms with Crippen molar-refractivity contribution in [3.63, 3.8) is 0 Å². The molecule has 1 aliphatic rings. The number of rotatable bonds is 8. The number of carbonyl (C=O) groups is 2. The molecule has 0 bridgehead atoms. The number of benzene rings is 1. The van der Waals surface area contributed by atoms with Gasteiger partial charge in [-0.25, -0.2) is 4.68 Å². The highest BCUT2D eigenvalue weighted by molar-refractivity contribution is 5.80. The van der Waals surface area contributed by atoms with Gasteiger partial charge in [0.1, 0.15) is 5.76 Å². The van der Waals surface area contributed by atoms with Crippen LogP contribution in [-0.2, 0) is 22.6 Å². The van der Waals surface area contributed by atoms with Crippen LogP contribution in [-0.4, -0.2) is 39.1 Å². The van der Waals surface area contributed by atoms with Crippen molar-refractivity contribution in [1.82, 2.24) is 20.0 Å². The van der Waals surface area contributed by atoms with Crippen LogP contribution in [0.4, 0.5) is 0 Å². The average molecular weight is 421 g/mol. The van der Waals surface area contributed by atoms with E-state index in [1.165, 1.54) is 0 Å². The first-order valence-corrected chi connectivity index (χ1v) is 10.6. The molecule has 7 nitrogen and oxygen atoms in total. The first-order valence-electron chi connectivity index (χ1n) is 10.6. The van der Waals surface area contributed by atoms with E-state index in [0.717, 1.165) is 22.6 Å². The van der Waals surface area contributed by atoms with Crippen molar-refractivity contribution in [2.24, 2.45) is 0 Å². The minimum atomic E-state index is -0.416. The largest absolute Gasteiger partial charge is 0.469 e. The number of nitrogens with zero attached hydrogens (tertiary/aromatic N) is 3. The molecule has 1 N–H and O–H groups in total. The number of carbonyl (C=O) groups excluding carboxylic acids is 2. The summed E-state index contributed by atoms with van der Waals surface area (Å²) in [6, 6.07) is 11.8. The van der Waals surface area contributed by atoms with Crippen LogP contribution in [0.15, 0.2) is 59.5 Å². The van der Waals surface area contributed by atoms with Crippen molar-refractivity contribution in [2.45, 2.75) is 51.1 Å². The Hall–Kier alpha value is -3.35. The summed E-state index contributed by atoms with van der Waals surface area (Å²) in [4.78, 5) is 26.4. The Kier molecular flexibility index (Phi) is 5.93. The fraction of sp³-hybridized carbons (Fsp3) is 0.375. The second-order valence-corrected chi connectivity index (χ2v) is 8.41. The number of aryl methyl sites for hydroxylation is 1. The number of hydrogen-bond donors (Lipinski definition) is 1. The smallest absolute Gasteiger partial charge is 0.222 e. The Morgan fingerprint density at radius 3 is 2.84 bits per heavy atom. The zero-order valence-electron chi connectivity index (χ0n) is 18.0. The molecule has 1 aromatic carbocycles. The Bertz CT molecular complexity index is 1060. The van der Waals surface area contributed by atoms with Crippen molar-refractivity contribution in [3.05, 3.63) is 71.9 Å². The van der Waals surface area contributed by atoms with Crippen molar-refractivity contribution in [1.29, 1.82) is 0 Å². The molecule has 0 radical (unpaired) electrons. The molecule has 162 valence electrons. The van der Waals surface area contributed by atoms with E-state index in [-0.39, 0.29) is 11.8 Å². The van der Waals surface area contributed by atoms with Crippen molar-refractivity contribution >= 4 is 11.8 Å². The summed E-state index contributed by atoms with van der Waals surface area (Å²) in [7, 11) is 1.81. The van der Waals surface area contributed by atoms with Crippen molar-refractivity contribution in [3.8, 4) is 5.69 Å². The maximum absolute atomic E-state index is 12.8. The van der Waals surface area contributed by atoms with E-state index in [1.807, 2.05) is 54.2 Å². The Labute approximate surface area is 182 Å². The predicted molar refractivity (Wildman–Crippen MR) is 117 cm³/mol. The van der Waals surface area contributed by atoms with E-state index in [1.54, 1.807) is 24.4 Å². The molecule has 4 rings (SSSR count). The first-order chi connectivity index (χ1) is 14.9. The van der Waals surface area contributed by atoms with E-state index in [0.29, 0.717) is 38.6 Å². The fourth-order valence-corrected chi connectivity index (χ4v) is 4.22. The van der Waals surface area contributed by atoms with Crippen LogP contribution in [0.2, 0.25) is 0 Å². The average Bonchev–Trinajstić information content (AvgIpc) is 3.50. The van der Waals surface area contributed by atoms with Crippen LogP contribution >= 0.6 is 0 Å². The maximum atomic E-state index is 12.8. The summed E-state index contributed by atoms with van der Waals surface area (Å²) in [6.45, 7) is 2.54. The molecular formula is C24H28N4O3. The molecule has 1 unspecified atom stereocenters. The normalized spacial score (nSPS) is 18.2. The lowest BCUT2D eigenvalue weighted by Gasteiger charge is -2.29. The molecule has 2 amide bonds. The molecule has 1 saturated heterocycles. The predicted octanol–water partition coefficient (Wildman–Crippen LogP) is 3.40. The number of nitrogens with one attached hydrogen (secondary N) is 1. The van der Waals surface area contributed by atoms with Gasteiger partial charge in [0.05, 0.1) is 18.1 Å². The lowest BCUT2D eigenvalue weighted by molar-refractivity contribution is -0.131. The lowest BCUT2D eigenvalue weighted by Crippen LogP contribution is -2.44. The molecule has 0 aliphatic carbocycles. The van der Waals surface area contributed by atoms with E-state index in [2.05, 4.69) is 10.4 Å². The van der Waals surface area contributed by atoms with Gasteiger partial charge < -0.3 is 14.6 Å². The molecule has 3 heterocycles. The summed E-state index contributed by atoms with van der Waals surface area (Å²) < 4.78 is 7.32. The van der Waals surface area contributed by atoms with Gasteiger partial charge in [0.25, 0.3) is 0 Å². The second kappa shape index (κ2) is 8.79. The van der Waals surface area contributed by atoms with Crippen molar-refractivity contribution in [2.75, 3.05) is 7.05 Å². The minimum absolute atomic E-state index is 0.0379. The van der Waals surface area contributed by atoms with Crippen LogP contribution in [0.3, 0.4) is 0 Å². The molecular weight excluding hydrogens is 392 g/mol. The summed E-state index contributed by atoms with van der Waals surface area (Å²) in [6.07, 6.45) is 8.15. The number of furan rings is 1. The van der Waals surface area contributed by atoms with E-state index in [9.17, 15) is 9.59 Å². The van der Waals surface area contributed by atoms with Crippen LogP contribution in [0.25, 0.3) is 5.69 Å². The molecule has 31 heavy (non-hydrogen) atoms. The van der Waals surface area contributed by atoms with Gasteiger partial charge >= 0.3 is 0 Å². The summed E-state index contributed by atoms with van der Waals surface area (Å²) in [5.41, 5.74) is 2.72. The van der Waals surface area contributed by atoms with Gasteiger partial charge in [-0.3, -0.25) is 9.59 Å². The van der Waals surface area contributed by atoms with Crippen LogP contribution < -0.4 is 5.32 Å². The number of para-hydroxylation sites is 1. The Morgan fingerprint density at radius 2 is 2.13 bits per heavy atom. The van der Waals surface area contributed by atoms with Crippen molar-refractivity contribution < 1.29 is 14.0 Å². The van der Waals surface area contributed by atoms with Crippen LogP contribution in [0, 0.1) is 6.92 Å². The second-order valence-electron chi connectivity index (χ2n) is 8.41. The molecule has 2 aromatic heterocycles. The summed E-state index contributed by atoms with van der Waals surface area (Å²) >= 11 is 0. The maximum Gasteiger partial charge on any atom is 0.222 e. The van der Waals surface area contributed by atoms with E-state index in [4.69, 9.17) is 4.42 Å². The van der Waals surface area contributed by atoms with Crippen LogP contribution in [0.1, 0.15) is 42.6 Å². The van der Waals surface area contributed by atoms with Gasteiger partial charge in [-0.1, -0.05) is 18.2 Å². The SMILES string of the molecule is Cc1ccccc1-n1cc(CN(C)C(=O)CCC2(Cc3ccco3)CCC(=O)N2)cn1. The van der Waals surface area contributed by atoms with Gasteiger partial charge in [-0.2, -0.15) is 5.10 Å². The highest BCUT2D eigenvalue weighted by atomic mass is 16.3. The lowest BCUT2D eigenvalue weighted by atomic mass is 9.87. The number of hydrogen-bond acceptors (Lipinski definition) is 4. The minimum Gasteiger partial charge on any atom is -0.469 e. The topological polar surface area (TPSA) is 80.4 Å². The quantitative estimate of drug-likeness (QED) is 0.606. The summed E-state index contributed by atoms with van der Waals surface area (Å²) in [5, 5.41) is 7.54. The molecule has 1 atom stereocenters. The highest BCUT2D eigenvalue weighted by Crippen LogP contribution is 2.30. The Balaban J connectivity index is 1.36. The van der Waals surface area contributed by atoms with Crippen LogP contribution in [0.5, 0.6) is 0 Å². The zero-order valence-corrected chi connectivity index (χ0v) is 18.0. The summed E-state index contributed by atoms with van der Waals surface area (Å²) in [5.74, 6) is 0.909. The molecule has 0 spiro atoms. The Morgan fingerprint density at radius 1 is 1.29 bits per heavy atom. The van der Waals surface area contributed by atoms with E-state index >= 15 is 0 Å². The van der Waals surface area contributed by atoms with Gasteiger partial charge in [-0.15, -0.1) is 0 Å². The third kappa shape index (κ3) is 4.87. The zero-order chi connectivity index (χ0) is 21.8. The van der Waals surface area contributed by atoms with Gasteiger partial charge in [0, 0.05) is 50.2 Å². The fourth-order valence-electron chi connectivity index (χ4n) is 4.22. The molecule has 3 aromatic rings.